The lowest BCUT2D eigenvalue weighted by molar-refractivity contribution is -0.384. The third-order valence-corrected chi connectivity index (χ3v) is 9.16. The maximum Gasteiger partial charge on any atom is 0.410 e. The molecule has 286 valence electrons. The normalized spacial score (nSPS) is 22.3. The SMILES string of the molecule is [2H]N1C(c2ccc(NC(=O)C3CCCN3C(=O)OC(C)(C)C)c([N+](=O)[O-])c2)CCC1c1ccc(NC(=O)C2CCCN2C(=O)OC(C)(C)C)c([N+](=O)[O-])c1. The van der Waals surface area contributed by atoms with E-state index in [-0.39, 0.29) is 22.7 Å². The number of hydrogen-bond donors (Lipinski definition) is 3. The zero-order valence-corrected chi connectivity index (χ0v) is 30.7. The molecule has 4 unspecified atom stereocenters. The van der Waals surface area contributed by atoms with Crippen LogP contribution in [0.3, 0.4) is 0 Å². The number of nitro benzene ring substituents is 2. The van der Waals surface area contributed by atoms with E-state index in [0.717, 1.165) is 0 Å². The Bertz CT molecular complexity index is 1700. The van der Waals surface area contributed by atoms with Crippen molar-refractivity contribution in [1.29, 1.82) is 0 Å². The van der Waals surface area contributed by atoms with E-state index in [9.17, 15) is 39.4 Å². The molecule has 0 spiro atoms. The minimum absolute atomic E-state index is 0.0593. The van der Waals surface area contributed by atoms with Crippen LogP contribution >= 0.6 is 0 Å². The predicted octanol–water partition coefficient (Wildman–Crippen LogP) is 6.34. The molecule has 0 aromatic heterocycles. The number of nitro groups is 2. The van der Waals surface area contributed by atoms with Crippen molar-refractivity contribution >= 4 is 46.8 Å². The molecule has 0 aliphatic carbocycles. The van der Waals surface area contributed by atoms with Crippen molar-refractivity contribution in [3.05, 3.63) is 67.8 Å². The van der Waals surface area contributed by atoms with Gasteiger partial charge in [-0.1, -0.05) is 12.1 Å². The molecule has 3 heterocycles. The van der Waals surface area contributed by atoms with Crippen LogP contribution in [0.25, 0.3) is 0 Å². The van der Waals surface area contributed by atoms with Crippen molar-refractivity contribution in [1.82, 2.24) is 15.1 Å². The van der Waals surface area contributed by atoms with Gasteiger partial charge < -0.3 is 25.4 Å². The molecule has 3 saturated heterocycles. The number of benzene rings is 2. The summed E-state index contributed by atoms with van der Waals surface area (Å²) in [6.07, 6.45) is 1.39. The third-order valence-electron chi connectivity index (χ3n) is 9.16. The molecule has 0 bridgehead atoms. The smallest absolute Gasteiger partial charge is 0.410 e. The van der Waals surface area contributed by atoms with Crippen LogP contribution in [-0.2, 0) is 19.1 Å². The summed E-state index contributed by atoms with van der Waals surface area (Å²) in [5.74, 6) is -1.16. The minimum Gasteiger partial charge on any atom is -0.444 e. The van der Waals surface area contributed by atoms with Crippen LogP contribution < -0.4 is 15.9 Å². The van der Waals surface area contributed by atoms with Gasteiger partial charge in [-0.15, -0.1) is 0 Å². The van der Waals surface area contributed by atoms with Gasteiger partial charge >= 0.3 is 12.2 Å². The molecular formula is C36H47N7O10. The molecule has 2 aromatic rings. The summed E-state index contributed by atoms with van der Waals surface area (Å²) in [4.78, 5) is 77.7. The highest BCUT2D eigenvalue weighted by Gasteiger charge is 2.39. The lowest BCUT2D eigenvalue weighted by atomic mass is 10.0. The highest BCUT2D eigenvalue weighted by molar-refractivity contribution is 5.99. The second-order valence-electron chi connectivity index (χ2n) is 15.5. The molecule has 3 aliphatic heterocycles. The van der Waals surface area contributed by atoms with Gasteiger partial charge in [-0.3, -0.25) is 39.6 Å². The first-order valence-corrected chi connectivity index (χ1v) is 17.7. The van der Waals surface area contributed by atoms with Crippen molar-refractivity contribution in [2.75, 3.05) is 23.7 Å². The Hall–Kier alpha value is -5.32. The lowest BCUT2D eigenvalue weighted by Gasteiger charge is -2.28. The Morgan fingerprint density at radius 2 is 1.09 bits per heavy atom. The summed E-state index contributed by atoms with van der Waals surface area (Å²) in [7, 11) is 0. The van der Waals surface area contributed by atoms with Crippen molar-refractivity contribution in [3.8, 4) is 0 Å². The van der Waals surface area contributed by atoms with Crippen molar-refractivity contribution in [2.24, 2.45) is 0 Å². The van der Waals surface area contributed by atoms with Gasteiger partial charge in [0.25, 0.3) is 11.4 Å². The first-order valence-electron chi connectivity index (χ1n) is 18.1. The molecule has 53 heavy (non-hydrogen) atoms. The maximum absolute atomic E-state index is 13.3. The van der Waals surface area contributed by atoms with Crippen molar-refractivity contribution in [3.63, 3.8) is 0 Å². The first-order chi connectivity index (χ1) is 25.2. The number of hydrogen-bond acceptors (Lipinski definition) is 11. The van der Waals surface area contributed by atoms with E-state index in [0.29, 0.717) is 62.7 Å². The number of ether oxygens (including phenoxy) is 2. The maximum atomic E-state index is 13.3. The highest BCUT2D eigenvalue weighted by atomic mass is 16.6. The van der Waals surface area contributed by atoms with Gasteiger partial charge in [-0.2, -0.15) is 0 Å². The number of carbonyl (C=O) groups is 4. The largest absolute Gasteiger partial charge is 0.444 e. The van der Waals surface area contributed by atoms with E-state index in [1.165, 1.54) is 39.4 Å². The fourth-order valence-electron chi connectivity index (χ4n) is 6.80. The first kappa shape index (κ1) is 37.4. The molecule has 4 atom stereocenters. The van der Waals surface area contributed by atoms with E-state index in [2.05, 4.69) is 10.6 Å². The van der Waals surface area contributed by atoms with E-state index in [4.69, 9.17) is 10.9 Å². The summed E-state index contributed by atoms with van der Waals surface area (Å²) in [5.41, 5.74) is -1.54. The van der Waals surface area contributed by atoms with Crippen LogP contribution in [-0.4, -0.2) is 80.0 Å². The quantitative estimate of drug-likeness (QED) is 0.200. The molecule has 3 N–H and O–H groups in total. The summed E-state index contributed by atoms with van der Waals surface area (Å²) in [6, 6.07) is 5.61. The molecule has 3 fully saturated rings. The zero-order chi connectivity index (χ0) is 39.7. The van der Waals surface area contributed by atoms with Gasteiger partial charge in [0.1, 0.15) is 36.1 Å². The molecule has 3 aliphatic rings. The lowest BCUT2D eigenvalue weighted by Crippen LogP contribution is -2.45. The van der Waals surface area contributed by atoms with E-state index < -0.39 is 69.2 Å². The molecule has 5 rings (SSSR count). The van der Waals surface area contributed by atoms with Crippen molar-refractivity contribution < 1.29 is 39.9 Å². The van der Waals surface area contributed by atoms with Gasteiger partial charge in [0.2, 0.25) is 11.8 Å². The van der Waals surface area contributed by atoms with Crippen LogP contribution in [0.1, 0.15) is 103 Å². The Kier molecular flexibility index (Phi) is 10.8. The molecule has 2 aromatic carbocycles. The molecule has 4 amide bonds. The van der Waals surface area contributed by atoms with Gasteiger partial charge in [-0.05, 0) is 103 Å². The second kappa shape index (κ2) is 15.3. The molecular weight excluding hydrogens is 690 g/mol. The Morgan fingerprint density at radius 1 is 0.717 bits per heavy atom. The van der Waals surface area contributed by atoms with Crippen LogP contribution in [0, 0.1) is 20.2 Å². The highest BCUT2D eigenvalue weighted by Crippen LogP contribution is 2.39. The predicted molar refractivity (Wildman–Crippen MR) is 193 cm³/mol. The number of nitrogens with zero attached hydrogens (tertiary/aromatic N) is 4. The number of nitrogens with one attached hydrogen (secondary N) is 3. The van der Waals surface area contributed by atoms with Gasteiger partial charge in [-0.25, -0.2) is 9.59 Å². The van der Waals surface area contributed by atoms with Gasteiger partial charge in [0.15, 0.2) is 0 Å². The average molecular weight is 739 g/mol. The fourth-order valence-corrected chi connectivity index (χ4v) is 6.80. The zero-order valence-electron chi connectivity index (χ0n) is 31.7. The summed E-state index contributed by atoms with van der Waals surface area (Å²) >= 11 is 0. The number of anilines is 2. The molecule has 17 heteroatoms. The van der Waals surface area contributed by atoms with Gasteiger partial charge in [0.05, 0.1) is 9.85 Å². The fraction of sp³-hybridized carbons (Fsp3) is 0.556. The topological polar surface area (TPSA) is 216 Å². The van der Waals surface area contributed by atoms with Crippen LogP contribution in [0.5, 0.6) is 0 Å². The summed E-state index contributed by atoms with van der Waals surface area (Å²) < 4.78 is 19.8. The minimum atomic E-state index is -0.864. The van der Waals surface area contributed by atoms with Gasteiger partial charge in [0, 0.05) is 37.3 Å². The van der Waals surface area contributed by atoms with Crippen LogP contribution in [0.2, 0.25) is 1.41 Å². The summed E-state index contributed by atoms with van der Waals surface area (Å²) in [5, 5.41) is 30.8. The summed E-state index contributed by atoms with van der Waals surface area (Å²) in [6.45, 7) is 10.9. The number of carbonyl (C=O) groups excluding carboxylic acids is 4. The Morgan fingerprint density at radius 3 is 1.43 bits per heavy atom. The van der Waals surface area contributed by atoms with Crippen molar-refractivity contribution in [2.45, 2.75) is 115 Å². The second-order valence-corrected chi connectivity index (χ2v) is 15.5. The molecule has 0 saturated carbocycles. The molecule has 17 nitrogen and oxygen atoms in total. The number of amides is 4. The number of likely N-dealkylation sites (tertiary alicyclic amines) is 2. The molecule has 0 radical (unpaired) electrons. The Balaban J connectivity index is 1.29. The van der Waals surface area contributed by atoms with E-state index >= 15 is 0 Å². The monoisotopic (exact) mass is 738 g/mol. The average Bonchev–Trinajstić information content (AvgIpc) is 3.84. The standard InChI is InChI=1S/C36H47N7O10/c1-35(2,3)52-33(46)40-17-7-9-27(40)31(44)38-25-13-11-21(19-29(25)42(48)49)23-15-16-24(37-23)22-12-14-26(30(20-22)43(50)51)39-32(45)28-10-8-18-41(28)34(47)53-36(4,5)6/h11-14,19-20,23-24,27-28,37H,7-10,15-18H2,1-6H3,(H,38,44)(H,39,45)/i/hD. The van der Waals surface area contributed by atoms with E-state index in [1.807, 2.05) is 0 Å². The number of rotatable bonds is 8. The van der Waals surface area contributed by atoms with Crippen LogP contribution in [0.15, 0.2) is 36.4 Å². The van der Waals surface area contributed by atoms with E-state index in [1.54, 1.807) is 53.7 Å². The third kappa shape index (κ3) is 9.38. The van der Waals surface area contributed by atoms with Crippen LogP contribution in [0.4, 0.5) is 32.3 Å². The Labute approximate surface area is 308 Å².